The molecular formula is C8H11BrFNOS. The lowest BCUT2D eigenvalue weighted by Gasteiger charge is -2.01. The summed E-state index contributed by atoms with van der Waals surface area (Å²) in [5.41, 5.74) is 5.27. The Balaban J connectivity index is 2.77. The van der Waals surface area contributed by atoms with Gasteiger partial charge in [-0.1, -0.05) is 11.3 Å². The molecule has 13 heavy (non-hydrogen) atoms. The predicted octanol–water partition coefficient (Wildman–Crippen LogP) is 2.88. The maximum Gasteiger partial charge on any atom is 0.188 e. The van der Waals surface area contributed by atoms with Crippen molar-refractivity contribution in [2.75, 3.05) is 13.7 Å². The zero-order valence-electron chi connectivity index (χ0n) is 7.22. The van der Waals surface area contributed by atoms with Crippen molar-refractivity contribution in [2.24, 2.45) is 5.73 Å². The lowest BCUT2D eigenvalue weighted by atomic mass is 10.2. The first-order chi connectivity index (χ1) is 6.19. The summed E-state index contributed by atoms with van der Waals surface area (Å²) in [6, 6.07) is 1.74. The summed E-state index contributed by atoms with van der Waals surface area (Å²) >= 11 is 4.59. The maximum absolute atomic E-state index is 13.3. The van der Waals surface area contributed by atoms with E-state index in [4.69, 9.17) is 10.5 Å². The molecule has 1 aromatic rings. The van der Waals surface area contributed by atoms with E-state index in [-0.39, 0.29) is 0 Å². The number of halogens is 2. The molecule has 1 rings (SSSR count). The van der Waals surface area contributed by atoms with E-state index in [0.29, 0.717) is 22.9 Å². The van der Waals surface area contributed by atoms with Gasteiger partial charge in [-0.15, -0.1) is 0 Å². The summed E-state index contributed by atoms with van der Waals surface area (Å²) in [5, 5.41) is 0.703. The van der Waals surface area contributed by atoms with Gasteiger partial charge in [0.15, 0.2) is 5.06 Å². The van der Waals surface area contributed by atoms with Gasteiger partial charge in [-0.05, 0) is 35.0 Å². The molecule has 2 N–H and O–H groups in total. The van der Waals surface area contributed by atoms with Crippen LogP contribution in [0.4, 0.5) is 4.39 Å². The second-order valence-electron chi connectivity index (χ2n) is 2.53. The monoisotopic (exact) mass is 267 g/mol. The van der Waals surface area contributed by atoms with Crippen LogP contribution in [0.25, 0.3) is 0 Å². The number of hydrogen-bond donors (Lipinski definition) is 1. The van der Waals surface area contributed by atoms with E-state index < -0.39 is 6.17 Å². The summed E-state index contributed by atoms with van der Waals surface area (Å²) in [6.07, 6.45) is -0.619. The topological polar surface area (TPSA) is 35.2 Å². The first-order valence-corrected chi connectivity index (χ1v) is 5.47. The molecule has 1 atom stereocenters. The Morgan fingerprint density at radius 1 is 1.77 bits per heavy atom. The van der Waals surface area contributed by atoms with Gasteiger partial charge in [0.05, 0.1) is 11.6 Å². The molecule has 0 saturated carbocycles. The molecule has 0 aromatic carbocycles. The van der Waals surface area contributed by atoms with Gasteiger partial charge in [0.2, 0.25) is 0 Å². The highest BCUT2D eigenvalue weighted by molar-refractivity contribution is 9.10. The number of alkyl halides is 1. The normalized spacial score (nSPS) is 12.9. The Morgan fingerprint density at radius 2 is 2.46 bits per heavy atom. The minimum absolute atomic E-state index is 0.357. The number of rotatable bonds is 4. The van der Waals surface area contributed by atoms with Crippen LogP contribution in [0, 0.1) is 0 Å². The Hall–Kier alpha value is -0.130. The molecule has 1 heterocycles. The van der Waals surface area contributed by atoms with Crippen LogP contribution in [0.2, 0.25) is 0 Å². The molecular weight excluding hydrogens is 257 g/mol. The first kappa shape index (κ1) is 10.9. The lowest BCUT2D eigenvalue weighted by molar-refractivity contribution is 0.333. The highest BCUT2D eigenvalue weighted by Gasteiger charge is 2.15. The summed E-state index contributed by atoms with van der Waals surface area (Å²) in [7, 11) is 1.57. The molecule has 0 fully saturated rings. The summed E-state index contributed by atoms with van der Waals surface area (Å²) in [4.78, 5) is 0.661. The molecule has 0 aliphatic heterocycles. The van der Waals surface area contributed by atoms with Crippen molar-refractivity contribution in [3.05, 3.63) is 15.4 Å². The standard InChI is InChI=1S/C8H11BrFNOS/c1-12-8-5(9)4-7(13-8)6(10)2-3-11/h4,6H,2-3,11H2,1H3. The van der Waals surface area contributed by atoms with Gasteiger partial charge in [0.25, 0.3) is 0 Å². The second kappa shape index (κ2) is 4.93. The summed E-state index contributed by atoms with van der Waals surface area (Å²) < 4.78 is 19.1. The molecule has 0 aliphatic rings. The van der Waals surface area contributed by atoms with E-state index >= 15 is 0 Å². The van der Waals surface area contributed by atoms with Gasteiger partial charge in [-0.3, -0.25) is 0 Å². The van der Waals surface area contributed by atoms with Crippen molar-refractivity contribution in [2.45, 2.75) is 12.6 Å². The largest absolute Gasteiger partial charge is 0.486 e. The van der Waals surface area contributed by atoms with Crippen molar-refractivity contribution in [1.29, 1.82) is 0 Å². The number of methoxy groups -OCH3 is 1. The van der Waals surface area contributed by atoms with E-state index in [0.717, 1.165) is 4.47 Å². The zero-order valence-corrected chi connectivity index (χ0v) is 9.62. The molecule has 0 saturated heterocycles. The van der Waals surface area contributed by atoms with Crippen LogP contribution in [0.1, 0.15) is 17.5 Å². The minimum Gasteiger partial charge on any atom is -0.486 e. The molecule has 0 bridgehead atoms. The second-order valence-corrected chi connectivity index (χ2v) is 4.43. The summed E-state index contributed by atoms with van der Waals surface area (Å²) in [5.74, 6) is 0. The van der Waals surface area contributed by atoms with Gasteiger partial charge in [0.1, 0.15) is 6.17 Å². The first-order valence-electron chi connectivity index (χ1n) is 3.86. The molecule has 0 spiro atoms. The SMILES string of the molecule is COc1sc(C(F)CCN)cc1Br. The Kier molecular flexibility index (Phi) is 4.15. The average Bonchev–Trinajstić information content (AvgIpc) is 2.47. The van der Waals surface area contributed by atoms with Gasteiger partial charge in [-0.25, -0.2) is 4.39 Å². The van der Waals surface area contributed by atoms with Gasteiger partial charge in [0, 0.05) is 4.88 Å². The Morgan fingerprint density at radius 3 is 2.92 bits per heavy atom. The fraction of sp³-hybridized carbons (Fsp3) is 0.500. The molecule has 2 nitrogen and oxygen atoms in total. The fourth-order valence-electron chi connectivity index (χ4n) is 0.951. The molecule has 5 heteroatoms. The highest BCUT2D eigenvalue weighted by Crippen LogP contribution is 2.39. The van der Waals surface area contributed by atoms with E-state index in [2.05, 4.69) is 15.9 Å². The lowest BCUT2D eigenvalue weighted by Crippen LogP contribution is -2.02. The van der Waals surface area contributed by atoms with Crippen molar-refractivity contribution in [3.8, 4) is 5.06 Å². The molecule has 0 radical (unpaired) electrons. The van der Waals surface area contributed by atoms with Crippen molar-refractivity contribution >= 4 is 27.3 Å². The van der Waals surface area contributed by atoms with Gasteiger partial charge < -0.3 is 10.5 Å². The minimum atomic E-state index is -0.977. The molecule has 74 valence electrons. The third-order valence-corrected chi connectivity index (χ3v) is 3.62. The third kappa shape index (κ3) is 2.65. The van der Waals surface area contributed by atoms with Crippen LogP contribution in [-0.2, 0) is 0 Å². The van der Waals surface area contributed by atoms with E-state index in [9.17, 15) is 4.39 Å². The smallest absolute Gasteiger partial charge is 0.188 e. The van der Waals surface area contributed by atoms with E-state index in [1.54, 1.807) is 13.2 Å². The molecule has 1 unspecified atom stereocenters. The highest BCUT2D eigenvalue weighted by atomic mass is 79.9. The number of ether oxygens (including phenoxy) is 1. The van der Waals surface area contributed by atoms with Crippen LogP contribution in [-0.4, -0.2) is 13.7 Å². The van der Waals surface area contributed by atoms with Gasteiger partial charge in [-0.2, -0.15) is 0 Å². The Labute approximate surface area is 89.0 Å². The van der Waals surface area contributed by atoms with Crippen molar-refractivity contribution < 1.29 is 9.13 Å². The van der Waals surface area contributed by atoms with Crippen LogP contribution in [0.15, 0.2) is 10.5 Å². The zero-order chi connectivity index (χ0) is 9.84. The van der Waals surface area contributed by atoms with Gasteiger partial charge >= 0.3 is 0 Å². The molecule has 0 aliphatic carbocycles. The Bertz CT molecular complexity index is 279. The number of nitrogens with two attached hydrogens (primary N) is 1. The number of thiophene rings is 1. The van der Waals surface area contributed by atoms with Crippen molar-refractivity contribution in [3.63, 3.8) is 0 Å². The summed E-state index contributed by atoms with van der Waals surface area (Å²) in [6.45, 7) is 0.360. The van der Waals surface area contributed by atoms with Crippen LogP contribution in [0.5, 0.6) is 5.06 Å². The quantitative estimate of drug-likeness (QED) is 0.911. The van der Waals surface area contributed by atoms with E-state index in [1.165, 1.54) is 11.3 Å². The van der Waals surface area contributed by atoms with Crippen molar-refractivity contribution in [1.82, 2.24) is 0 Å². The van der Waals surface area contributed by atoms with Crippen LogP contribution in [0.3, 0.4) is 0 Å². The predicted molar refractivity (Wildman–Crippen MR) is 56.1 cm³/mol. The fourth-order valence-corrected chi connectivity index (χ4v) is 2.63. The van der Waals surface area contributed by atoms with Crippen LogP contribution >= 0.6 is 27.3 Å². The maximum atomic E-state index is 13.3. The molecule has 0 amide bonds. The third-order valence-electron chi connectivity index (χ3n) is 1.59. The average molecular weight is 268 g/mol. The van der Waals surface area contributed by atoms with E-state index in [1.807, 2.05) is 0 Å². The molecule has 1 aromatic heterocycles. The van der Waals surface area contributed by atoms with Crippen LogP contribution < -0.4 is 10.5 Å². The number of hydrogen-bond acceptors (Lipinski definition) is 3.